The van der Waals surface area contributed by atoms with Crippen LogP contribution in [0.25, 0.3) is 0 Å². The summed E-state index contributed by atoms with van der Waals surface area (Å²) in [6, 6.07) is 5.60. The Morgan fingerprint density at radius 2 is 1.77 bits per heavy atom. The summed E-state index contributed by atoms with van der Waals surface area (Å²) in [5.41, 5.74) is 0. The third kappa shape index (κ3) is 8.86. The van der Waals surface area contributed by atoms with Crippen LogP contribution in [-0.2, 0) is 0 Å². The minimum absolute atomic E-state index is 0.678. The second-order valence-corrected chi connectivity index (χ2v) is 1.60. The standard InChI is InChI=1S/C7H9NO.2C2H6/c1-2-9-7-5-3-4-6-8-7;2*1-2/h3-6H,2H2,1H3;2*1-2H3. The zero-order valence-corrected chi connectivity index (χ0v) is 9.37. The molecule has 0 aliphatic heterocycles. The maximum atomic E-state index is 5.09. The molecule has 0 saturated heterocycles. The van der Waals surface area contributed by atoms with Gasteiger partial charge in [0.1, 0.15) is 0 Å². The molecule has 1 rings (SSSR count). The molecular weight excluding hydrogens is 162 g/mol. The highest BCUT2D eigenvalue weighted by Gasteiger charge is 1.85. The molecule has 1 aromatic heterocycles. The van der Waals surface area contributed by atoms with Crippen molar-refractivity contribution in [1.82, 2.24) is 4.98 Å². The molecule has 0 aromatic carbocycles. The van der Waals surface area contributed by atoms with Crippen LogP contribution in [0.4, 0.5) is 0 Å². The van der Waals surface area contributed by atoms with Gasteiger partial charge in [-0.1, -0.05) is 33.8 Å². The Labute approximate surface area is 82.0 Å². The largest absolute Gasteiger partial charge is 0.478 e. The SMILES string of the molecule is CC.CC.CCOc1ccccn1. The first-order valence-electron chi connectivity index (χ1n) is 4.97. The lowest BCUT2D eigenvalue weighted by molar-refractivity contribution is 0.327. The van der Waals surface area contributed by atoms with Crippen molar-refractivity contribution in [3.8, 4) is 5.88 Å². The van der Waals surface area contributed by atoms with Crippen LogP contribution in [0.1, 0.15) is 34.6 Å². The lowest BCUT2D eigenvalue weighted by atomic mass is 10.5. The molecule has 0 bridgehead atoms. The molecule has 0 fully saturated rings. The van der Waals surface area contributed by atoms with Crippen LogP contribution in [0.15, 0.2) is 24.4 Å². The van der Waals surface area contributed by atoms with Gasteiger partial charge in [-0.25, -0.2) is 4.98 Å². The molecule has 0 spiro atoms. The first kappa shape index (κ1) is 14.5. The van der Waals surface area contributed by atoms with E-state index in [4.69, 9.17) is 4.74 Å². The summed E-state index contributed by atoms with van der Waals surface area (Å²) in [7, 11) is 0. The van der Waals surface area contributed by atoms with Gasteiger partial charge < -0.3 is 4.74 Å². The lowest BCUT2D eigenvalue weighted by Gasteiger charge is -1.97. The van der Waals surface area contributed by atoms with E-state index in [9.17, 15) is 0 Å². The van der Waals surface area contributed by atoms with Crippen molar-refractivity contribution in [3.05, 3.63) is 24.4 Å². The summed E-state index contributed by atoms with van der Waals surface area (Å²) in [5.74, 6) is 0.694. The zero-order chi connectivity index (χ0) is 10.5. The number of ether oxygens (including phenoxy) is 1. The van der Waals surface area contributed by atoms with Gasteiger partial charge in [0.15, 0.2) is 0 Å². The Hall–Kier alpha value is -1.05. The van der Waals surface area contributed by atoms with E-state index in [0.717, 1.165) is 0 Å². The highest BCUT2D eigenvalue weighted by molar-refractivity contribution is 5.08. The van der Waals surface area contributed by atoms with Crippen molar-refractivity contribution in [1.29, 1.82) is 0 Å². The van der Waals surface area contributed by atoms with Crippen LogP contribution < -0.4 is 4.74 Å². The monoisotopic (exact) mass is 183 g/mol. The smallest absolute Gasteiger partial charge is 0.213 e. The molecule has 13 heavy (non-hydrogen) atoms. The minimum Gasteiger partial charge on any atom is -0.478 e. The quantitative estimate of drug-likeness (QED) is 0.699. The van der Waals surface area contributed by atoms with Crippen LogP contribution in [0, 0.1) is 0 Å². The van der Waals surface area contributed by atoms with E-state index in [1.807, 2.05) is 52.8 Å². The van der Waals surface area contributed by atoms with Crippen LogP contribution in [0.2, 0.25) is 0 Å². The van der Waals surface area contributed by atoms with E-state index in [1.165, 1.54) is 0 Å². The van der Waals surface area contributed by atoms with E-state index < -0.39 is 0 Å². The fourth-order valence-electron chi connectivity index (χ4n) is 0.580. The fraction of sp³-hybridized carbons (Fsp3) is 0.545. The van der Waals surface area contributed by atoms with E-state index in [0.29, 0.717) is 12.5 Å². The molecule has 0 aliphatic rings. The molecule has 0 radical (unpaired) electrons. The average molecular weight is 183 g/mol. The summed E-state index contributed by atoms with van der Waals surface area (Å²) in [6.45, 7) is 10.6. The Morgan fingerprint density at radius 1 is 1.15 bits per heavy atom. The predicted molar refractivity (Wildman–Crippen MR) is 58.1 cm³/mol. The van der Waals surface area contributed by atoms with Crippen LogP contribution in [-0.4, -0.2) is 11.6 Å². The second-order valence-electron chi connectivity index (χ2n) is 1.60. The Balaban J connectivity index is 0. The topological polar surface area (TPSA) is 22.1 Å². The van der Waals surface area contributed by atoms with Crippen molar-refractivity contribution >= 4 is 0 Å². The van der Waals surface area contributed by atoms with E-state index in [2.05, 4.69) is 4.98 Å². The van der Waals surface area contributed by atoms with Crippen molar-refractivity contribution < 1.29 is 4.74 Å². The highest BCUT2D eigenvalue weighted by atomic mass is 16.5. The van der Waals surface area contributed by atoms with Gasteiger partial charge in [0, 0.05) is 12.3 Å². The molecule has 0 N–H and O–H groups in total. The van der Waals surface area contributed by atoms with Crippen LogP contribution in [0.5, 0.6) is 5.88 Å². The van der Waals surface area contributed by atoms with Gasteiger partial charge in [-0.3, -0.25) is 0 Å². The highest BCUT2D eigenvalue weighted by Crippen LogP contribution is 2.01. The maximum Gasteiger partial charge on any atom is 0.213 e. The zero-order valence-electron chi connectivity index (χ0n) is 9.37. The average Bonchev–Trinajstić information content (AvgIpc) is 2.26. The summed E-state index contributed by atoms with van der Waals surface area (Å²) < 4.78 is 5.09. The number of nitrogens with zero attached hydrogens (tertiary/aromatic N) is 1. The van der Waals surface area contributed by atoms with Gasteiger partial charge in [0.25, 0.3) is 0 Å². The molecule has 0 atom stereocenters. The Kier molecular flexibility index (Phi) is 15.1. The van der Waals surface area contributed by atoms with Gasteiger partial charge >= 0.3 is 0 Å². The third-order valence-corrected chi connectivity index (χ3v) is 0.930. The molecule has 76 valence electrons. The summed E-state index contributed by atoms with van der Waals surface area (Å²) in [6.07, 6.45) is 1.71. The minimum atomic E-state index is 0.678. The van der Waals surface area contributed by atoms with Gasteiger partial charge in [-0.05, 0) is 13.0 Å². The van der Waals surface area contributed by atoms with E-state index in [-0.39, 0.29) is 0 Å². The van der Waals surface area contributed by atoms with E-state index in [1.54, 1.807) is 6.20 Å². The molecule has 0 saturated carbocycles. The number of rotatable bonds is 2. The summed E-state index contributed by atoms with van der Waals surface area (Å²) in [4.78, 5) is 3.95. The molecular formula is C11H21NO. The van der Waals surface area contributed by atoms with Crippen molar-refractivity contribution in [2.45, 2.75) is 34.6 Å². The lowest BCUT2D eigenvalue weighted by Crippen LogP contribution is -1.92. The maximum absolute atomic E-state index is 5.09. The van der Waals surface area contributed by atoms with Crippen molar-refractivity contribution in [3.63, 3.8) is 0 Å². The van der Waals surface area contributed by atoms with Gasteiger partial charge in [0.2, 0.25) is 5.88 Å². The molecule has 2 heteroatoms. The summed E-state index contributed by atoms with van der Waals surface area (Å²) in [5, 5.41) is 0. The van der Waals surface area contributed by atoms with Gasteiger partial charge in [0.05, 0.1) is 6.61 Å². The van der Waals surface area contributed by atoms with Crippen LogP contribution in [0.3, 0.4) is 0 Å². The van der Waals surface area contributed by atoms with Crippen molar-refractivity contribution in [2.75, 3.05) is 6.61 Å². The fourth-order valence-corrected chi connectivity index (χ4v) is 0.580. The normalized spacial score (nSPS) is 7.15. The Bertz CT molecular complexity index is 163. The second kappa shape index (κ2) is 13.5. The number of hydrogen-bond acceptors (Lipinski definition) is 2. The van der Waals surface area contributed by atoms with E-state index >= 15 is 0 Å². The molecule has 1 heterocycles. The van der Waals surface area contributed by atoms with Gasteiger partial charge in [-0.15, -0.1) is 0 Å². The first-order chi connectivity index (χ1) is 6.43. The molecule has 0 unspecified atom stereocenters. The predicted octanol–water partition coefficient (Wildman–Crippen LogP) is 3.53. The Morgan fingerprint density at radius 3 is 2.15 bits per heavy atom. The summed E-state index contributed by atoms with van der Waals surface area (Å²) >= 11 is 0. The molecule has 1 aromatic rings. The first-order valence-corrected chi connectivity index (χ1v) is 4.97. The van der Waals surface area contributed by atoms with Crippen molar-refractivity contribution in [2.24, 2.45) is 0 Å². The number of hydrogen-bond donors (Lipinski definition) is 0. The van der Waals surface area contributed by atoms with Crippen LogP contribution >= 0.6 is 0 Å². The van der Waals surface area contributed by atoms with Gasteiger partial charge in [-0.2, -0.15) is 0 Å². The molecule has 0 amide bonds. The molecule has 2 nitrogen and oxygen atoms in total. The number of pyridine rings is 1. The molecule has 0 aliphatic carbocycles. The third-order valence-electron chi connectivity index (χ3n) is 0.930. The number of aromatic nitrogens is 1.